The summed E-state index contributed by atoms with van der Waals surface area (Å²) in [5.74, 6) is -0.0121. The van der Waals surface area contributed by atoms with E-state index in [1.165, 1.54) is 11.1 Å². The van der Waals surface area contributed by atoms with E-state index in [0.29, 0.717) is 6.42 Å². The van der Waals surface area contributed by atoms with Crippen LogP contribution in [0.1, 0.15) is 39.2 Å². The molecule has 42 heavy (non-hydrogen) atoms. The van der Waals surface area contributed by atoms with Crippen molar-refractivity contribution < 1.29 is 9.67 Å². The number of aliphatic imine (C=N–C) groups is 1. The van der Waals surface area contributed by atoms with Gasteiger partial charge in [0.1, 0.15) is 5.76 Å². The van der Waals surface area contributed by atoms with Crippen LogP contribution in [0.3, 0.4) is 0 Å². The van der Waals surface area contributed by atoms with Crippen molar-refractivity contribution in [2.75, 3.05) is 0 Å². The van der Waals surface area contributed by atoms with Crippen LogP contribution in [0.4, 0.5) is 0 Å². The summed E-state index contributed by atoms with van der Waals surface area (Å²) >= 11 is 0. The van der Waals surface area contributed by atoms with Gasteiger partial charge in [0, 0.05) is 44.8 Å². The summed E-state index contributed by atoms with van der Waals surface area (Å²) in [6.07, 6.45) is 8.28. The fourth-order valence-electron chi connectivity index (χ4n) is 6.56. The molecule has 0 fully saturated rings. The number of benzene rings is 2. The first-order valence-corrected chi connectivity index (χ1v) is 14.3. The Morgan fingerprint density at radius 2 is 1.69 bits per heavy atom. The topological polar surface area (TPSA) is 41.4 Å². The summed E-state index contributed by atoms with van der Waals surface area (Å²) in [6.45, 7) is 27.9. The maximum absolute atomic E-state index is 9.97. The maximum atomic E-state index is 9.97. The Labute approximate surface area is 249 Å². The highest BCUT2D eigenvalue weighted by atomic mass is 16.3. The van der Waals surface area contributed by atoms with Crippen molar-refractivity contribution in [2.45, 2.75) is 45.6 Å². The van der Waals surface area contributed by atoms with Crippen LogP contribution >= 0.6 is 0 Å². The standard InChI is InChI=1S/C38H39N3O/c1-26(23-27(2)41-30(5)34(24-29(4)42)33-17-11-12-19-36(33)41)37(6)21-20-31-15-9-10-16-32(31)35-18-13-14-22-40(35)28(3)25-38(37,7)39-8/h9-19,22-24H,2-5,8,20-21,25H2,1,6-7H3/p+1/b26-23+,34-24+. The molecule has 2 aromatic heterocycles. The van der Waals surface area contributed by atoms with Crippen LogP contribution in [0.15, 0.2) is 115 Å². The quantitative estimate of drug-likeness (QED) is 0.120. The number of aliphatic hydroxyl groups excluding tert-OH is 1. The number of para-hydroxylation sites is 1. The lowest BCUT2D eigenvalue weighted by Gasteiger charge is -2.45. The first-order valence-electron chi connectivity index (χ1n) is 14.3. The summed E-state index contributed by atoms with van der Waals surface area (Å²) in [4.78, 5) is 4.83. The van der Waals surface area contributed by atoms with E-state index >= 15 is 0 Å². The molecule has 0 amide bonds. The molecule has 2 atom stereocenters. The maximum Gasteiger partial charge on any atom is 0.218 e. The van der Waals surface area contributed by atoms with Gasteiger partial charge in [-0.3, -0.25) is 4.99 Å². The number of hydrogen-bond acceptors (Lipinski definition) is 2. The molecular formula is C38H40N3O+. The van der Waals surface area contributed by atoms with Gasteiger partial charge in [-0.1, -0.05) is 68.6 Å². The zero-order valence-corrected chi connectivity index (χ0v) is 25.0. The van der Waals surface area contributed by atoms with E-state index in [1.807, 2.05) is 30.3 Å². The lowest BCUT2D eigenvalue weighted by atomic mass is 9.62. The number of rotatable bonds is 5. The zero-order chi connectivity index (χ0) is 30.2. The number of aliphatic hydroxyl groups is 1. The van der Waals surface area contributed by atoms with Crippen LogP contribution in [-0.2, 0) is 6.42 Å². The SMILES string of the molecule is C=NC1(C)CC(=C)[n+]2ccccc2-c2ccccc2CCC1(C)/C(C)=C/C(=C)n1c(=C)/c(=C\C(=C)O)c2ccccc21. The summed E-state index contributed by atoms with van der Waals surface area (Å²) in [6, 6.07) is 23.0. The molecule has 3 heterocycles. The lowest BCUT2D eigenvalue weighted by Crippen LogP contribution is -2.47. The average Bonchev–Trinajstić information content (AvgIpc) is 3.25. The zero-order valence-electron chi connectivity index (χ0n) is 25.0. The predicted molar refractivity (Wildman–Crippen MR) is 178 cm³/mol. The molecule has 4 aromatic rings. The Balaban J connectivity index is 1.66. The van der Waals surface area contributed by atoms with E-state index in [2.05, 4.69) is 112 Å². The van der Waals surface area contributed by atoms with Gasteiger partial charge in [-0.25, -0.2) is 0 Å². The van der Waals surface area contributed by atoms with Crippen molar-refractivity contribution in [3.8, 4) is 11.3 Å². The van der Waals surface area contributed by atoms with E-state index in [-0.39, 0.29) is 11.2 Å². The Bertz CT molecular complexity index is 1910. The van der Waals surface area contributed by atoms with Crippen LogP contribution in [0, 0.1) is 5.41 Å². The first kappa shape index (κ1) is 28.8. The molecule has 1 aliphatic heterocycles. The molecule has 0 aliphatic carbocycles. The molecule has 212 valence electrons. The average molecular weight is 555 g/mol. The first-order chi connectivity index (χ1) is 20.0. The number of aromatic nitrogens is 2. The summed E-state index contributed by atoms with van der Waals surface area (Å²) in [7, 11) is 0. The molecule has 0 spiro atoms. The Morgan fingerprint density at radius 3 is 2.43 bits per heavy atom. The van der Waals surface area contributed by atoms with Crippen LogP contribution in [-0.4, -0.2) is 21.9 Å². The molecule has 0 bridgehead atoms. The van der Waals surface area contributed by atoms with E-state index in [1.54, 1.807) is 6.08 Å². The number of fused-ring (bicyclic) bond motifs is 4. The van der Waals surface area contributed by atoms with Gasteiger partial charge >= 0.3 is 0 Å². The number of nitrogens with zero attached hydrogens (tertiary/aromatic N) is 3. The Hall–Kier alpha value is -4.70. The molecule has 1 aliphatic rings. The second-order valence-electron chi connectivity index (χ2n) is 11.8. The van der Waals surface area contributed by atoms with Crippen molar-refractivity contribution in [3.05, 3.63) is 126 Å². The minimum Gasteiger partial charge on any atom is -0.509 e. The molecule has 0 saturated heterocycles. The molecule has 1 N–H and O–H groups in total. The van der Waals surface area contributed by atoms with Crippen molar-refractivity contribution in [1.29, 1.82) is 0 Å². The van der Waals surface area contributed by atoms with E-state index in [4.69, 9.17) is 4.99 Å². The van der Waals surface area contributed by atoms with Crippen LogP contribution in [0.5, 0.6) is 0 Å². The van der Waals surface area contributed by atoms with Crippen LogP contribution in [0.25, 0.3) is 46.2 Å². The molecule has 2 unspecified atom stereocenters. The third-order valence-electron chi connectivity index (χ3n) is 9.34. The monoisotopic (exact) mass is 554 g/mol. The highest BCUT2D eigenvalue weighted by Gasteiger charge is 2.47. The van der Waals surface area contributed by atoms with Crippen molar-refractivity contribution >= 4 is 41.7 Å². The second-order valence-corrected chi connectivity index (χ2v) is 11.8. The fourth-order valence-corrected chi connectivity index (χ4v) is 6.56. The highest BCUT2D eigenvalue weighted by Crippen LogP contribution is 2.49. The predicted octanol–water partition coefficient (Wildman–Crippen LogP) is 7.25. The second kappa shape index (κ2) is 10.9. The minimum atomic E-state index is -0.545. The van der Waals surface area contributed by atoms with Crippen molar-refractivity contribution in [1.82, 2.24) is 4.57 Å². The summed E-state index contributed by atoms with van der Waals surface area (Å²) in [5, 5.41) is 12.5. The molecule has 5 rings (SSSR count). The van der Waals surface area contributed by atoms with Gasteiger partial charge in [0.05, 0.1) is 17.5 Å². The van der Waals surface area contributed by atoms with Gasteiger partial charge in [0.15, 0.2) is 11.9 Å². The minimum absolute atomic E-state index is 0.0121. The molecule has 0 radical (unpaired) electrons. The van der Waals surface area contributed by atoms with Gasteiger partial charge in [-0.05, 0) is 75.9 Å². The number of hydrogen-bond donors (Lipinski definition) is 1. The normalized spacial score (nSPS) is 21.5. The van der Waals surface area contributed by atoms with Crippen molar-refractivity contribution in [3.63, 3.8) is 0 Å². The Morgan fingerprint density at radius 1 is 1.00 bits per heavy atom. The van der Waals surface area contributed by atoms with E-state index < -0.39 is 5.54 Å². The van der Waals surface area contributed by atoms with E-state index in [0.717, 1.165) is 57.0 Å². The summed E-state index contributed by atoms with van der Waals surface area (Å²) < 4.78 is 4.25. The largest absolute Gasteiger partial charge is 0.509 e. The molecule has 4 nitrogen and oxygen atoms in total. The van der Waals surface area contributed by atoms with Gasteiger partial charge in [-0.2, -0.15) is 4.57 Å². The third-order valence-corrected chi connectivity index (χ3v) is 9.34. The Kier molecular flexibility index (Phi) is 7.51. The number of pyridine rings is 1. The van der Waals surface area contributed by atoms with Crippen molar-refractivity contribution in [2.24, 2.45) is 10.4 Å². The lowest BCUT2D eigenvalue weighted by molar-refractivity contribution is -0.571. The fraction of sp³-hybridized carbons (Fsp3) is 0.211. The smallest absolute Gasteiger partial charge is 0.218 e. The number of aryl methyl sites for hydroxylation is 1. The van der Waals surface area contributed by atoms with E-state index in [9.17, 15) is 5.11 Å². The number of allylic oxidation sites excluding steroid dienone is 3. The van der Waals surface area contributed by atoms with Gasteiger partial charge < -0.3 is 9.67 Å². The third kappa shape index (κ3) is 4.77. The highest BCUT2D eigenvalue weighted by molar-refractivity contribution is 5.86. The molecule has 0 saturated carbocycles. The van der Waals surface area contributed by atoms with Gasteiger partial charge in [0.2, 0.25) is 5.69 Å². The van der Waals surface area contributed by atoms with Crippen LogP contribution in [0.2, 0.25) is 0 Å². The van der Waals surface area contributed by atoms with Gasteiger partial charge in [0.25, 0.3) is 0 Å². The summed E-state index contributed by atoms with van der Waals surface area (Å²) in [5.41, 5.74) is 6.61. The molecule has 2 aromatic carbocycles. The molecular weight excluding hydrogens is 514 g/mol. The van der Waals surface area contributed by atoms with Crippen LogP contribution < -0.4 is 15.1 Å². The van der Waals surface area contributed by atoms with Gasteiger partial charge in [-0.15, -0.1) is 0 Å². The molecule has 4 heteroatoms.